The molecular formula is C13H28N2. The van der Waals surface area contributed by atoms with Crippen LogP contribution in [0.5, 0.6) is 0 Å². The maximum Gasteiger partial charge on any atom is 0.00440 e. The van der Waals surface area contributed by atoms with Crippen molar-refractivity contribution in [2.45, 2.75) is 64.5 Å². The number of hydrogen-bond acceptors (Lipinski definition) is 2. The van der Waals surface area contributed by atoms with E-state index in [1.54, 1.807) is 0 Å². The quantitative estimate of drug-likeness (QED) is 0.754. The van der Waals surface area contributed by atoms with Crippen molar-refractivity contribution in [1.29, 1.82) is 0 Å². The smallest absolute Gasteiger partial charge is 0.00440 e. The molecule has 1 rings (SSSR count). The third-order valence-corrected chi connectivity index (χ3v) is 3.83. The summed E-state index contributed by atoms with van der Waals surface area (Å²) in [4.78, 5) is 0. The van der Waals surface area contributed by atoms with Crippen molar-refractivity contribution >= 4 is 0 Å². The van der Waals surface area contributed by atoms with Gasteiger partial charge in [-0.05, 0) is 45.1 Å². The second kappa shape index (κ2) is 6.49. The average molecular weight is 212 g/mol. The third-order valence-electron chi connectivity index (χ3n) is 3.83. The van der Waals surface area contributed by atoms with Gasteiger partial charge < -0.3 is 11.1 Å². The van der Waals surface area contributed by atoms with Gasteiger partial charge in [-0.3, -0.25) is 0 Å². The van der Waals surface area contributed by atoms with E-state index in [-0.39, 0.29) is 0 Å². The lowest BCUT2D eigenvalue weighted by Gasteiger charge is -2.28. The molecule has 15 heavy (non-hydrogen) atoms. The van der Waals surface area contributed by atoms with Gasteiger partial charge in [-0.15, -0.1) is 0 Å². The molecule has 3 N–H and O–H groups in total. The lowest BCUT2D eigenvalue weighted by Crippen LogP contribution is -2.31. The molecule has 0 saturated heterocycles. The molecule has 90 valence electrons. The summed E-state index contributed by atoms with van der Waals surface area (Å²) in [5, 5.41) is 3.33. The molecule has 1 aliphatic rings. The molecule has 4 atom stereocenters. The topological polar surface area (TPSA) is 38.0 Å². The first kappa shape index (κ1) is 13.0. The van der Waals surface area contributed by atoms with Gasteiger partial charge in [0.1, 0.15) is 0 Å². The van der Waals surface area contributed by atoms with E-state index < -0.39 is 0 Å². The minimum Gasteiger partial charge on any atom is -0.328 e. The molecule has 1 aliphatic carbocycles. The first-order valence-electron chi connectivity index (χ1n) is 6.54. The second-order valence-electron chi connectivity index (χ2n) is 5.56. The molecule has 1 saturated carbocycles. The molecule has 1 fully saturated rings. The van der Waals surface area contributed by atoms with Crippen LogP contribution in [0.4, 0.5) is 0 Å². The molecule has 0 unspecified atom stereocenters. The van der Waals surface area contributed by atoms with Gasteiger partial charge in [0.15, 0.2) is 0 Å². The zero-order chi connectivity index (χ0) is 11.3. The molecule has 0 spiro atoms. The fourth-order valence-corrected chi connectivity index (χ4v) is 2.86. The van der Waals surface area contributed by atoms with Gasteiger partial charge in [0.25, 0.3) is 0 Å². The molecular weight excluding hydrogens is 184 g/mol. The fraction of sp³-hybridized carbons (Fsp3) is 1.00. The van der Waals surface area contributed by atoms with Crippen LogP contribution < -0.4 is 11.1 Å². The van der Waals surface area contributed by atoms with Crippen molar-refractivity contribution in [2.24, 2.45) is 17.6 Å². The lowest BCUT2D eigenvalue weighted by atomic mass is 9.81. The summed E-state index contributed by atoms with van der Waals surface area (Å²) < 4.78 is 0. The Hall–Kier alpha value is -0.0800. The van der Waals surface area contributed by atoms with Crippen molar-refractivity contribution < 1.29 is 0 Å². The van der Waals surface area contributed by atoms with Crippen LogP contribution in [-0.2, 0) is 0 Å². The molecule has 0 amide bonds. The van der Waals surface area contributed by atoms with Gasteiger partial charge >= 0.3 is 0 Å². The van der Waals surface area contributed by atoms with E-state index in [2.05, 4.69) is 26.2 Å². The monoisotopic (exact) mass is 212 g/mol. The zero-order valence-electron chi connectivity index (χ0n) is 10.6. The summed E-state index contributed by atoms with van der Waals surface area (Å²) in [7, 11) is 2.05. The van der Waals surface area contributed by atoms with Crippen LogP contribution in [0.3, 0.4) is 0 Å². The highest BCUT2D eigenvalue weighted by atomic mass is 14.8. The predicted molar refractivity (Wildman–Crippen MR) is 66.9 cm³/mol. The zero-order valence-corrected chi connectivity index (χ0v) is 10.6. The number of nitrogens with two attached hydrogens (primary N) is 1. The first-order valence-corrected chi connectivity index (χ1v) is 6.54. The van der Waals surface area contributed by atoms with E-state index >= 15 is 0 Å². The van der Waals surface area contributed by atoms with Gasteiger partial charge in [-0.2, -0.15) is 0 Å². The van der Waals surface area contributed by atoms with Gasteiger partial charge in [-0.1, -0.05) is 26.2 Å². The van der Waals surface area contributed by atoms with Gasteiger partial charge in [0.2, 0.25) is 0 Å². The molecule has 0 bridgehead atoms. The van der Waals surface area contributed by atoms with Crippen molar-refractivity contribution in [2.75, 3.05) is 7.05 Å². The molecule has 2 heteroatoms. The summed E-state index contributed by atoms with van der Waals surface area (Å²) in [6.07, 6.45) is 7.90. The van der Waals surface area contributed by atoms with Crippen LogP contribution in [0.25, 0.3) is 0 Å². The third kappa shape index (κ3) is 4.98. The molecule has 0 heterocycles. The van der Waals surface area contributed by atoms with Gasteiger partial charge in [0.05, 0.1) is 0 Å². The summed E-state index contributed by atoms with van der Waals surface area (Å²) in [5.74, 6) is 1.68. The Bertz CT molecular complexity index is 170. The van der Waals surface area contributed by atoms with Crippen LogP contribution in [0.2, 0.25) is 0 Å². The number of nitrogens with one attached hydrogen (secondary N) is 1. The van der Waals surface area contributed by atoms with Crippen LogP contribution in [-0.4, -0.2) is 19.1 Å². The maximum atomic E-state index is 6.18. The summed E-state index contributed by atoms with van der Waals surface area (Å²) in [6.45, 7) is 4.61. The van der Waals surface area contributed by atoms with E-state index in [9.17, 15) is 0 Å². The largest absolute Gasteiger partial charge is 0.328 e. The van der Waals surface area contributed by atoms with Crippen molar-refractivity contribution in [1.82, 2.24) is 5.32 Å². The van der Waals surface area contributed by atoms with Crippen molar-refractivity contribution in [3.63, 3.8) is 0 Å². The summed E-state index contributed by atoms with van der Waals surface area (Å²) in [6, 6.07) is 1.08. The number of hydrogen-bond donors (Lipinski definition) is 2. The van der Waals surface area contributed by atoms with Crippen LogP contribution in [0.15, 0.2) is 0 Å². The molecule has 0 radical (unpaired) electrons. The second-order valence-corrected chi connectivity index (χ2v) is 5.56. The fourth-order valence-electron chi connectivity index (χ4n) is 2.86. The highest BCUT2D eigenvalue weighted by Gasteiger charge is 2.20. The van der Waals surface area contributed by atoms with E-state index in [0.717, 1.165) is 11.8 Å². The van der Waals surface area contributed by atoms with E-state index in [1.165, 1.54) is 38.5 Å². The Morgan fingerprint density at radius 2 is 2.07 bits per heavy atom. The van der Waals surface area contributed by atoms with Crippen LogP contribution >= 0.6 is 0 Å². The van der Waals surface area contributed by atoms with Gasteiger partial charge in [0, 0.05) is 12.1 Å². The Morgan fingerprint density at radius 1 is 1.33 bits per heavy atom. The molecule has 0 aromatic heterocycles. The van der Waals surface area contributed by atoms with Crippen molar-refractivity contribution in [3.8, 4) is 0 Å². The van der Waals surface area contributed by atoms with Crippen LogP contribution in [0, 0.1) is 11.8 Å². The lowest BCUT2D eigenvalue weighted by molar-refractivity contribution is 0.275. The average Bonchev–Trinajstić information content (AvgIpc) is 2.14. The predicted octanol–water partition coefficient (Wildman–Crippen LogP) is 2.53. The Balaban J connectivity index is 2.37. The van der Waals surface area contributed by atoms with E-state index in [1.807, 2.05) is 0 Å². The van der Waals surface area contributed by atoms with Gasteiger partial charge in [-0.25, -0.2) is 0 Å². The van der Waals surface area contributed by atoms with Crippen LogP contribution in [0.1, 0.15) is 52.4 Å². The minimum absolute atomic E-state index is 0.439. The molecule has 0 aromatic carbocycles. The highest BCUT2D eigenvalue weighted by molar-refractivity contribution is 4.77. The maximum absolute atomic E-state index is 6.18. The SMILES string of the molecule is CN[C@@H](C)C[C@H]1CCC[C@H](C)C[C@@H](N)C1. The molecule has 0 aliphatic heterocycles. The summed E-state index contributed by atoms with van der Waals surface area (Å²) >= 11 is 0. The minimum atomic E-state index is 0.439. The highest BCUT2D eigenvalue weighted by Crippen LogP contribution is 2.27. The normalized spacial score (nSPS) is 35.6. The Morgan fingerprint density at radius 3 is 2.73 bits per heavy atom. The molecule has 0 aromatic rings. The summed E-state index contributed by atoms with van der Waals surface area (Å²) in [5.41, 5.74) is 6.18. The van der Waals surface area contributed by atoms with E-state index in [0.29, 0.717) is 12.1 Å². The number of rotatable bonds is 3. The Kier molecular flexibility index (Phi) is 5.62. The molecule has 2 nitrogen and oxygen atoms in total. The standard InChI is InChI=1S/C13H28N2/c1-10-5-4-6-12(8-11(2)15-3)9-13(14)7-10/h10-13,15H,4-9,14H2,1-3H3/t10-,11-,12+,13+/m0/s1. The first-order chi connectivity index (χ1) is 7.11. The Labute approximate surface area is 95.0 Å². The van der Waals surface area contributed by atoms with E-state index in [4.69, 9.17) is 5.73 Å². The van der Waals surface area contributed by atoms with Crippen molar-refractivity contribution in [3.05, 3.63) is 0 Å².